The molecule has 1 amide bonds. The highest BCUT2D eigenvalue weighted by Crippen LogP contribution is 2.39. The van der Waals surface area contributed by atoms with Crippen molar-refractivity contribution in [2.75, 3.05) is 0 Å². The van der Waals surface area contributed by atoms with Crippen molar-refractivity contribution in [3.05, 3.63) is 53.9 Å². The van der Waals surface area contributed by atoms with Gasteiger partial charge in [0.05, 0.1) is 10.2 Å². The van der Waals surface area contributed by atoms with Crippen LogP contribution in [-0.2, 0) is 0 Å². The number of para-hydroxylation sites is 1. The van der Waals surface area contributed by atoms with Crippen LogP contribution in [0.25, 0.3) is 21.0 Å². The zero-order chi connectivity index (χ0) is 20.0. The second-order valence-electron chi connectivity index (χ2n) is 7.61. The minimum absolute atomic E-state index is 0.0881. The van der Waals surface area contributed by atoms with Gasteiger partial charge in [-0.25, -0.2) is 4.98 Å². The Kier molecular flexibility index (Phi) is 4.43. The first-order valence-electron chi connectivity index (χ1n) is 9.68. The third-order valence-electron chi connectivity index (χ3n) is 4.95. The van der Waals surface area contributed by atoms with E-state index in [0.717, 1.165) is 33.9 Å². The van der Waals surface area contributed by atoms with Gasteiger partial charge in [-0.3, -0.25) is 4.79 Å². The molecule has 7 nitrogen and oxygen atoms in total. The van der Waals surface area contributed by atoms with E-state index in [4.69, 9.17) is 8.94 Å². The van der Waals surface area contributed by atoms with Crippen molar-refractivity contribution in [3.8, 4) is 10.8 Å². The summed E-state index contributed by atoms with van der Waals surface area (Å²) in [5, 5.41) is 7.77. The summed E-state index contributed by atoms with van der Waals surface area (Å²) in [4.78, 5) is 21.9. The van der Waals surface area contributed by atoms with Crippen LogP contribution in [0.2, 0.25) is 0 Å². The molecule has 1 N–H and O–H groups in total. The molecule has 0 aliphatic heterocycles. The fourth-order valence-corrected chi connectivity index (χ4v) is 4.09. The first-order chi connectivity index (χ1) is 14.1. The topological polar surface area (TPSA) is 94.1 Å². The van der Waals surface area contributed by atoms with Gasteiger partial charge < -0.3 is 14.3 Å². The molecule has 1 aromatic carbocycles. The van der Waals surface area contributed by atoms with Gasteiger partial charge in [-0.05, 0) is 43.0 Å². The summed E-state index contributed by atoms with van der Waals surface area (Å²) in [5.41, 5.74) is 0.914. The maximum absolute atomic E-state index is 12.8. The maximum atomic E-state index is 12.8. The van der Waals surface area contributed by atoms with Crippen molar-refractivity contribution in [2.45, 2.75) is 38.6 Å². The summed E-state index contributed by atoms with van der Waals surface area (Å²) in [5.74, 6) is 2.15. The number of hydrogen-bond acceptors (Lipinski definition) is 7. The van der Waals surface area contributed by atoms with Crippen LogP contribution >= 0.6 is 11.3 Å². The Bertz CT molecular complexity index is 1140. The van der Waals surface area contributed by atoms with Crippen molar-refractivity contribution in [3.63, 3.8) is 0 Å². The molecule has 5 rings (SSSR count). The Morgan fingerprint density at radius 1 is 1.17 bits per heavy atom. The molecule has 1 saturated carbocycles. The largest absolute Gasteiger partial charge is 0.448 e. The van der Waals surface area contributed by atoms with Gasteiger partial charge in [0.25, 0.3) is 5.91 Å². The molecule has 8 heteroatoms. The van der Waals surface area contributed by atoms with Gasteiger partial charge in [0.1, 0.15) is 6.04 Å². The highest BCUT2D eigenvalue weighted by Gasteiger charge is 2.32. The zero-order valence-corrected chi connectivity index (χ0v) is 16.9. The van der Waals surface area contributed by atoms with Crippen LogP contribution in [-0.4, -0.2) is 21.0 Å². The van der Waals surface area contributed by atoms with E-state index in [-0.39, 0.29) is 23.6 Å². The molecule has 1 atom stereocenters. The summed E-state index contributed by atoms with van der Waals surface area (Å²) in [6.45, 7) is 4.00. The molecule has 1 aliphatic carbocycles. The zero-order valence-electron chi connectivity index (χ0n) is 16.1. The third kappa shape index (κ3) is 3.55. The molecule has 0 spiro atoms. The highest BCUT2D eigenvalue weighted by atomic mass is 32.1. The van der Waals surface area contributed by atoms with Gasteiger partial charge in [-0.1, -0.05) is 31.1 Å². The second-order valence-corrected chi connectivity index (χ2v) is 8.64. The van der Waals surface area contributed by atoms with E-state index < -0.39 is 0 Å². The average Bonchev–Trinajstić information content (AvgIpc) is 3.14. The van der Waals surface area contributed by atoms with Gasteiger partial charge in [-0.15, -0.1) is 11.3 Å². The molecule has 1 aliphatic rings. The van der Waals surface area contributed by atoms with Gasteiger partial charge in [0, 0.05) is 5.92 Å². The van der Waals surface area contributed by atoms with Crippen LogP contribution < -0.4 is 5.32 Å². The number of furan rings is 1. The number of nitrogens with zero attached hydrogens (tertiary/aromatic N) is 3. The van der Waals surface area contributed by atoms with Crippen molar-refractivity contribution >= 4 is 27.5 Å². The SMILES string of the molecule is CC(C)C(NC(=O)c1ccc(-c2nc3ccccc3s2)o1)c1nc(C2CC2)no1. The lowest BCUT2D eigenvalue weighted by Gasteiger charge is -2.17. The first-order valence-corrected chi connectivity index (χ1v) is 10.5. The first kappa shape index (κ1) is 18.1. The highest BCUT2D eigenvalue weighted by molar-refractivity contribution is 7.21. The van der Waals surface area contributed by atoms with Crippen molar-refractivity contribution in [2.24, 2.45) is 5.92 Å². The Labute approximate surface area is 171 Å². The molecule has 29 heavy (non-hydrogen) atoms. The summed E-state index contributed by atoms with van der Waals surface area (Å²) in [6.07, 6.45) is 2.19. The molecule has 1 fully saturated rings. The Balaban J connectivity index is 1.35. The van der Waals surface area contributed by atoms with Crippen molar-refractivity contribution in [1.29, 1.82) is 0 Å². The number of aromatic nitrogens is 3. The van der Waals surface area contributed by atoms with Crippen LogP contribution in [0.4, 0.5) is 0 Å². The predicted octanol–water partition coefficient (Wildman–Crippen LogP) is 4.94. The normalized spacial score (nSPS) is 15.1. The molecule has 0 radical (unpaired) electrons. The van der Waals surface area contributed by atoms with Crippen molar-refractivity contribution < 1.29 is 13.7 Å². The van der Waals surface area contributed by atoms with Gasteiger partial charge in [-0.2, -0.15) is 4.98 Å². The standard InChI is InChI=1S/C21H20N4O3S/c1-11(2)17(20-24-18(25-28-20)12-7-8-12)23-19(26)14-9-10-15(27-14)21-22-13-5-3-4-6-16(13)29-21/h3-6,9-12,17H,7-8H2,1-2H3,(H,23,26). The number of amides is 1. The lowest BCUT2D eigenvalue weighted by Crippen LogP contribution is -2.31. The van der Waals surface area contributed by atoms with Crippen LogP contribution in [0.5, 0.6) is 0 Å². The molecular formula is C21H20N4O3S. The number of nitrogens with one attached hydrogen (secondary N) is 1. The summed E-state index contributed by atoms with van der Waals surface area (Å²) in [7, 11) is 0. The second kappa shape index (κ2) is 7.11. The lowest BCUT2D eigenvalue weighted by atomic mass is 10.0. The fraction of sp³-hybridized carbons (Fsp3) is 0.333. The number of benzene rings is 1. The lowest BCUT2D eigenvalue weighted by molar-refractivity contribution is 0.0886. The van der Waals surface area contributed by atoms with E-state index >= 15 is 0 Å². The fourth-order valence-electron chi connectivity index (χ4n) is 3.16. The molecule has 3 heterocycles. The van der Waals surface area contributed by atoms with E-state index in [0.29, 0.717) is 17.6 Å². The maximum Gasteiger partial charge on any atom is 0.287 e. The summed E-state index contributed by atoms with van der Waals surface area (Å²) >= 11 is 1.53. The minimum atomic E-state index is -0.376. The van der Waals surface area contributed by atoms with E-state index in [2.05, 4.69) is 20.4 Å². The number of hydrogen-bond donors (Lipinski definition) is 1. The Hall–Kier alpha value is -3.00. The molecule has 3 aromatic heterocycles. The molecular weight excluding hydrogens is 388 g/mol. The van der Waals surface area contributed by atoms with E-state index in [9.17, 15) is 4.79 Å². The molecule has 0 bridgehead atoms. The summed E-state index contributed by atoms with van der Waals surface area (Å²) < 4.78 is 12.3. The predicted molar refractivity (Wildman–Crippen MR) is 109 cm³/mol. The molecule has 0 saturated heterocycles. The van der Waals surface area contributed by atoms with Crippen LogP contribution in [0.1, 0.15) is 60.9 Å². The van der Waals surface area contributed by atoms with Gasteiger partial charge >= 0.3 is 0 Å². The van der Waals surface area contributed by atoms with Crippen molar-refractivity contribution in [1.82, 2.24) is 20.4 Å². The molecule has 1 unspecified atom stereocenters. The van der Waals surface area contributed by atoms with Gasteiger partial charge in [0.2, 0.25) is 5.89 Å². The monoisotopic (exact) mass is 408 g/mol. The number of fused-ring (bicyclic) bond motifs is 1. The quantitative estimate of drug-likeness (QED) is 0.485. The van der Waals surface area contributed by atoms with Crippen LogP contribution in [0.15, 0.2) is 45.3 Å². The summed E-state index contributed by atoms with van der Waals surface area (Å²) in [6, 6.07) is 11.0. The molecule has 148 valence electrons. The van der Waals surface area contributed by atoms with E-state index in [1.165, 1.54) is 11.3 Å². The number of thiazole rings is 1. The number of rotatable bonds is 6. The molecule has 4 aromatic rings. The van der Waals surface area contributed by atoms with Crippen LogP contribution in [0, 0.1) is 5.92 Å². The number of carbonyl (C=O) groups is 1. The number of carbonyl (C=O) groups excluding carboxylic acids is 1. The third-order valence-corrected chi connectivity index (χ3v) is 6.00. The van der Waals surface area contributed by atoms with E-state index in [1.807, 2.05) is 38.1 Å². The Morgan fingerprint density at radius 2 is 2.00 bits per heavy atom. The van der Waals surface area contributed by atoms with Crippen LogP contribution in [0.3, 0.4) is 0 Å². The minimum Gasteiger partial charge on any atom is -0.448 e. The van der Waals surface area contributed by atoms with E-state index in [1.54, 1.807) is 12.1 Å². The Morgan fingerprint density at radius 3 is 2.76 bits per heavy atom. The smallest absolute Gasteiger partial charge is 0.287 e. The average molecular weight is 408 g/mol. The van der Waals surface area contributed by atoms with Gasteiger partial charge in [0.15, 0.2) is 22.4 Å².